The van der Waals surface area contributed by atoms with Crippen molar-refractivity contribution in [3.05, 3.63) is 36.0 Å². The predicted molar refractivity (Wildman–Crippen MR) is 67.9 cm³/mol. The summed E-state index contributed by atoms with van der Waals surface area (Å²) in [4.78, 5) is 14.4. The molecule has 0 atom stereocenters. The molecule has 0 aliphatic carbocycles. The number of hydrogen-bond donors (Lipinski definition) is 1. The Balaban J connectivity index is 1.95. The van der Waals surface area contributed by atoms with E-state index in [1.807, 2.05) is 25.3 Å². The van der Waals surface area contributed by atoms with Crippen molar-refractivity contribution in [3.63, 3.8) is 0 Å². The van der Waals surface area contributed by atoms with Crippen molar-refractivity contribution in [1.29, 1.82) is 0 Å². The lowest BCUT2D eigenvalue weighted by atomic mass is 10.1. The van der Waals surface area contributed by atoms with E-state index in [0.29, 0.717) is 13.0 Å². The van der Waals surface area contributed by atoms with Crippen LogP contribution < -0.4 is 0 Å². The summed E-state index contributed by atoms with van der Waals surface area (Å²) < 4.78 is 5.16. The van der Waals surface area contributed by atoms with E-state index in [1.165, 1.54) is 10.9 Å². The van der Waals surface area contributed by atoms with Gasteiger partial charge in [-0.2, -0.15) is 0 Å². The zero-order valence-corrected chi connectivity index (χ0v) is 10.0. The van der Waals surface area contributed by atoms with Crippen LogP contribution in [-0.4, -0.2) is 17.6 Å². The van der Waals surface area contributed by atoms with Gasteiger partial charge in [0.15, 0.2) is 0 Å². The third-order valence-electron chi connectivity index (χ3n) is 2.77. The second-order valence-electron chi connectivity index (χ2n) is 4.08. The summed E-state index contributed by atoms with van der Waals surface area (Å²) in [6.45, 7) is 2.44. The average molecular weight is 231 g/mol. The third-order valence-corrected chi connectivity index (χ3v) is 2.77. The maximum absolute atomic E-state index is 11.2. The molecule has 0 aliphatic rings. The average Bonchev–Trinajstić information content (AvgIpc) is 2.78. The minimum atomic E-state index is -0.103. The number of hydrogen-bond acceptors (Lipinski definition) is 2. The van der Waals surface area contributed by atoms with Crippen LogP contribution in [0.25, 0.3) is 10.9 Å². The zero-order valence-electron chi connectivity index (χ0n) is 10.0. The van der Waals surface area contributed by atoms with Crippen molar-refractivity contribution in [2.24, 2.45) is 0 Å². The van der Waals surface area contributed by atoms with Crippen LogP contribution in [0.5, 0.6) is 0 Å². The molecule has 0 amide bonds. The van der Waals surface area contributed by atoms with Gasteiger partial charge in [0, 0.05) is 29.9 Å². The van der Waals surface area contributed by atoms with Crippen molar-refractivity contribution in [1.82, 2.24) is 4.98 Å². The molecule has 0 unspecified atom stereocenters. The fourth-order valence-corrected chi connectivity index (χ4v) is 1.92. The summed E-state index contributed by atoms with van der Waals surface area (Å²) in [6.07, 6.45) is 4.04. The summed E-state index contributed by atoms with van der Waals surface area (Å²) in [7, 11) is 0. The normalized spacial score (nSPS) is 10.6. The molecule has 2 aromatic rings. The number of benzene rings is 1. The molecule has 90 valence electrons. The van der Waals surface area contributed by atoms with Gasteiger partial charge < -0.3 is 9.72 Å². The molecular formula is C14H17NO2. The van der Waals surface area contributed by atoms with Crippen LogP contribution in [0.1, 0.15) is 25.3 Å². The molecule has 3 nitrogen and oxygen atoms in total. The lowest BCUT2D eigenvalue weighted by molar-refractivity contribution is -0.143. The number of rotatable bonds is 5. The molecule has 0 saturated carbocycles. The Bertz CT molecular complexity index is 502. The molecule has 0 saturated heterocycles. The van der Waals surface area contributed by atoms with Crippen LogP contribution in [0.4, 0.5) is 0 Å². The highest BCUT2D eigenvalue weighted by molar-refractivity contribution is 5.82. The Labute approximate surface area is 101 Å². The van der Waals surface area contributed by atoms with Crippen LogP contribution in [0.2, 0.25) is 0 Å². The van der Waals surface area contributed by atoms with Crippen LogP contribution in [0.15, 0.2) is 30.5 Å². The molecule has 1 aromatic carbocycles. The number of ether oxygens (including phenoxy) is 1. The van der Waals surface area contributed by atoms with Crippen LogP contribution in [0.3, 0.4) is 0 Å². The Morgan fingerprint density at radius 2 is 2.24 bits per heavy atom. The second-order valence-corrected chi connectivity index (χ2v) is 4.08. The Hall–Kier alpha value is -1.77. The summed E-state index contributed by atoms with van der Waals surface area (Å²) in [6, 6.07) is 8.19. The smallest absolute Gasteiger partial charge is 0.305 e. The van der Waals surface area contributed by atoms with Crippen LogP contribution in [-0.2, 0) is 16.0 Å². The number of fused-ring (bicyclic) bond motifs is 1. The molecule has 1 heterocycles. The van der Waals surface area contributed by atoms with Gasteiger partial charge in [-0.25, -0.2) is 0 Å². The van der Waals surface area contributed by atoms with Gasteiger partial charge >= 0.3 is 5.97 Å². The van der Waals surface area contributed by atoms with E-state index in [-0.39, 0.29) is 5.97 Å². The Morgan fingerprint density at radius 3 is 3.06 bits per heavy atom. The number of carbonyl (C=O) groups is 1. The quantitative estimate of drug-likeness (QED) is 0.803. The second kappa shape index (κ2) is 5.53. The molecule has 0 fully saturated rings. The lowest BCUT2D eigenvalue weighted by Crippen LogP contribution is -2.07. The van der Waals surface area contributed by atoms with Crippen molar-refractivity contribution < 1.29 is 9.53 Å². The van der Waals surface area contributed by atoms with Crippen molar-refractivity contribution in [2.75, 3.05) is 6.61 Å². The van der Waals surface area contributed by atoms with E-state index in [2.05, 4.69) is 17.1 Å². The largest absolute Gasteiger partial charge is 0.465 e. The van der Waals surface area contributed by atoms with E-state index >= 15 is 0 Å². The maximum atomic E-state index is 11.2. The molecule has 1 aromatic heterocycles. The number of carbonyl (C=O) groups excluding carboxylic acids is 1. The van der Waals surface area contributed by atoms with Gasteiger partial charge in [-0.15, -0.1) is 0 Å². The van der Waals surface area contributed by atoms with Gasteiger partial charge in [0.1, 0.15) is 0 Å². The minimum absolute atomic E-state index is 0.103. The molecule has 1 N–H and O–H groups in total. The predicted octanol–water partition coefficient (Wildman–Crippen LogP) is 3.05. The monoisotopic (exact) mass is 231 g/mol. The molecule has 0 bridgehead atoms. The first-order valence-electron chi connectivity index (χ1n) is 6.02. The van der Waals surface area contributed by atoms with Crippen LogP contribution >= 0.6 is 0 Å². The fourth-order valence-electron chi connectivity index (χ4n) is 1.92. The standard InChI is InChI=1S/C14H17NO2/c1-2-4-14(16)17-10-8-11-5-3-6-13-12(11)7-9-15-13/h3,5-7,9,15H,2,4,8,10H2,1H3. The van der Waals surface area contributed by atoms with Crippen LogP contribution in [0, 0.1) is 0 Å². The number of nitrogens with one attached hydrogen (secondary N) is 1. The summed E-state index contributed by atoms with van der Waals surface area (Å²) >= 11 is 0. The van der Waals surface area contributed by atoms with Gasteiger partial charge in [-0.1, -0.05) is 19.1 Å². The number of aromatic amines is 1. The third kappa shape index (κ3) is 2.87. The highest BCUT2D eigenvalue weighted by Crippen LogP contribution is 2.17. The highest BCUT2D eigenvalue weighted by Gasteiger charge is 2.04. The molecular weight excluding hydrogens is 214 g/mol. The van der Waals surface area contributed by atoms with Gasteiger partial charge in [-0.3, -0.25) is 4.79 Å². The SMILES string of the molecule is CCCC(=O)OCCc1cccc2[nH]ccc12. The van der Waals surface area contributed by atoms with E-state index in [4.69, 9.17) is 4.74 Å². The number of aromatic nitrogens is 1. The van der Waals surface area contributed by atoms with Gasteiger partial charge in [0.05, 0.1) is 6.61 Å². The topological polar surface area (TPSA) is 42.1 Å². The first kappa shape index (κ1) is 11.7. The lowest BCUT2D eigenvalue weighted by Gasteiger charge is -2.05. The van der Waals surface area contributed by atoms with Gasteiger partial charge in [-0.05, 0) is 24.1 Å². The number of H-pyrrole nitrogens is 1. The first-order valence-corrected chi connectivity index (χ1v) is 6.02. The molecule has 0 spiro atoms. The molecule has 2 rings (SSSR count). The number of esters is 1. The Morgan fingerprint density at radius 1 is 1.35 bits per heavy atom. The van der Waals surface area contributed by atoms with Gasteiger partial charge in [0.25, 0.3) is 0 Å². The van der Waals surface area contributed by atoms with E-state index in [0.717, 1.165) is 18.4 Å². The summed E-state index contributed by atoms with van der Waals surface area (Å²) in [5.41, 5.74) is 2.34. The highest BCUT2D eigenvalue weighted by atomic mass is 16.5. The molecule has 3 heteroatoms. The summed E-state index contributed by atoms with van der Waals surface area (Å²) in [5.74, 6) is -0.103. The summed E-state index contributed by atoms with van der Waals surface area (Å²) in [5, 5.41) is 1.21. The van der Waals surface area contributed by atoms with Gasteiger partial charge in [0.2, 0.25) is 0 Å². The maximum Gasteiger partial charge on any atom is 0.305 e. The molecule has 0 aliphatic heterocycles. The zero-order chi connectivity index (χ0) is 12.1. The van der Waals surface area contributed by atoms with Crippen molar-refractivity contribution in [2.45, 2.75) is 26.2 Å². The van der Waals surface area contributed by atoms with Crippen molar-refractivity contribution in [3.8, 4) is 0 Å². The fraction of sp³-hybridized carbons (Fsp3) is 0.357. The minimum Gasteiger partial charge on any atom is -0.465 e. The Kier molecular flexibility index (Phi) is 3.81. The molecule has 0 radical (unpaired) electrons. The van der Waals surface area contributed by atoms with E-state index in [1.54, 1.807) is 0 Å². The molecule has 17 heavy (non-hydrogen) atoms. The van der Waals surface area contributed by atoms with E-state index in [9.17, 15) is 4.79 Å². The van der Waals surface area contributed by atoms with E-state index < -0.39 is 0 Å². The van der Waals surface area contributed by atoms with Crippen molar-refractivity contribution >= 4 is 16.9 Å². The first-order chi connectivity index (χ1) is 8.31.